The molecule has 0 unspecified atom stereocenters. The van der Waals surface area contributed by atoms with E-state index in [1.807, 2.05) is 0 Å². The first-order chi connectivity index (χ1) is 12.1. The summed E-state index contributed by atoms with van der Waals surface area (Å²) in [6, 6.07) is 0. The Kier molecular flexibility index (Phi) is 8.24. The van der Waals surface area contributed by atoms with Crippen LogP contribution in [0.3, 0.4) is 0 Å². The minimum atomic E-state index is -1.13. The molecular weight excluding hydrogens is 348 g/mol. The van der Waals surface area contributed by atoms with E-state index in [4.69, 9.17) is 23.7 Å². The largest absolute Gasteiger partial charge is 0.463 e. The fourth-order valence-electron chi connectivity index (χ4n) is 2.61. The molecule has 0 aromatic rings. The van der Waals surface area contributed by atoms with Crippen LogP contribution in [0.2, 0.25) is 0 Å². The van der Waals surface area contributed by atoms with Gasteiger partial charge in [0.15, 0.2) is 18.3 Å². The van der Waals surface area contributed by atoms with Gasteiger partial charge in [-0.1, -0.05) is 12.2 Å². The van der Waals surface area contributed by atoms with E-state index in [9.17, 15) is 19.2 Å². The van der Waals surface area contributed by atoms with Crippen molar-refractivity contribution in [1.82, 2.24) is 0 Å². The van der Waals surface area contributed by atoms with Crippen molar-refractivity contribution in [1.29, 1.82) is 0 Å². The summed E-state index contributed by atoms with van der Waals surface area (Å²) in [6.45, 7) is 6.27. The molecule has 0 N–H and O–H groups in total. The van der Waals surface area contributed by atoms with Crippen LogP contribution in [-0.2, 0) is 42.9 Å². The number of rotatable bonds is 6. The van der Waals surface area contributed by atoms with E-state index in [1.165, 1.54) is 27.7 Å². The monoisotopic (exact) mass is 372 g/mol. The van der Waals surface area contributed by atoms with Crippen molar-refractivity contribution in [2.45, 2.75) is 65.1 Å². The van der Waals surface area contributed by atoms with Crippen molar-refractivity contribution < 1.29 is 42.9 Å². The molecule has 1 aliphatic heterocycles. The first-order valence-corrected chi connectivity index (χ1v) is 8.09. The average Bonchev–Trinajstić information content (AvgIpc) is 2.50. The standard InChI is InChI=1S/C17H24O9/c1-6-7-13-15(23-10(3)19)17(25-12(5)21)16(24-11(4)20)14(26-13)8-22-9(2)18/h6-7,13-17H,8H2,1-5H3/b7-6-/t13-,14-,15+,16+,17-/m1/s1. The molecule has 26 heavy (non-hydrogen) atoms. The van der Waals surface area contributed by atoms with Crippen LogP contribution in [0.15, 0.2) is 12.2 Å². The van der Waals surface area contributed by atoms with E-state index in [-0.39, 0.29) is 6.61 Å². The number of hydrogen-bond acceptors (Lipinski definition) is 9. The zero-order valence-electron chi connectivity index (χ0n) is 15.4. The lowest BCUT2D eigenvalue weighted by Gasteiger charge is -2.43. The van der Waals surface area contributed by atoms with E-state index in [2.05, 4.69) is 0 Å². The van der Waals surface area contributed by atoms with Crippen molar-refractivity contribution in [2.24, 2.45) is 0 Å². The Morgan fingerprint density at radius 1 is 0.808 bits per heavy atom. The molecule has 1 rings (SSSR count). The SMILES string of the molecule is C/C=C\[C@H]1O[C@H](COC(C)=O)[C@H](OC(C)=O)[C@H](OC(C)=O)[C@H]1OC(C)=O. The van der Waals surface area contributed by atoms with Crippen LogP contribution in [0.1, 0.15) is 34.6 Å². The number of esters is 4. The second kappa shape index (κ2) is 9.91. The molecule has 0 aromatic heterocycles. The topological polar surface area (TPSA) is 114 Å². The minimum absolute atomic E-state index is 0.230. The maximum Gasteiger partial charge on any atom is 0.303 e. The molecule has 0 spiro atoms. The second-order valence-electron chi connectivity index (χ2n) is 5.69. The number of carbonyl (C=O) groups is 4. The first-order valence-electron chi connectivity index (χ1n) is 8.09. The van der Waals surface area contributed by atoms with Gasteiger partial charge in [0, 0.05) is 27.7 Å². The van der Waals surface area contributed by atoms with Crippen molar-refractivity contribution >= 4 is 23.9 Å². The van der Waals surface area contributed by atoms with Crippen LogP contribution in [-0.4, -0.2) is 61.0 Å². The number of ether oxygens (including phenoxy) is 5. The maximum absolute atomic E-state index is 11.6. The third kappa shape index (κ3) is 6.47. The average molecular weight is 372 g/mol. The molecular formula is C17H24O9. The zero-order valence-corrected chi connectivity index (χ0v) is 15.4. The normalized spacial score (nSPS) is 28.3. The van der Waals surface area contributed by atoms with E-state index >= 15 is 0 Å². The van der Waals surface area contributed by atoms with Gasteiger partial charge in [0.25, 0.3) is 0 Å². The third-order valence-corrected chi connectivity index (χ3v) is 3.41. The van der Waals surface area contributed by atoms with Gasteiger partial charge in [-0.25, -0.2) is 0 Å². The van der Waals surface area contributed by atoms with Gasteiger partial charge in [-0.2, -0.15) is 0 Å². The fourth-order valence-corrected chi connectivity index (χ4v) is 2.61. The Labute approximate surface area is 151 Å². The van der Waals surface area contributed by atoms with E-state index in [1.54, 1.807) is 19.1 Å². The fraction of sp³-hybridized carbons (Fsp3) is 0.647. The van der Waals surface area contributed by atoms with Crippen LogP contribution >= 0.6 is 0 Å². The van der Waals surface area contributed by atoms with Crippen LogP contribution in [0.5, 0.6) is 0 Å². The Morgan fingerprint density at radius 3 is 1.77 bits per heavy atom. The maximum atomic E-state index is 11.6. The summed E-state index contributed by atoms with van der Waals surface area (Å²) < 4.78 is 26.6. The Morgan fingerprint density at radius 2 is 1.31 bits per heavy atom. The minimum Gasteiger partial charge on any atom is -0.463 e. The van der Waals surface area contributed by atoms with Gasteiger partial charge < -0.3 is 23.7 Å². The summed E-state index contributed by atoms with van der Waals surface area (Å²) in [5.74, 6) is -2.49. The Balaban J connectivity index is 3.26. The second-order valence-corrected chi connectivity index (χ2v) is 5.69. The van der Waals surface area contributed by atoms with Gasteiger partial charge in [0.2, 0.25) is 0 Å². The van der Waals surface area contributed by atoms with Crippen molar-refractivity contribution in [3.63, 3.8) is 0 Å². The third-order valence-electron chi connectivity index (χ3n) is 3.41. The summed E-state index contributed by atoms with van der Waals surface area (Å²) in [4.78, 5) is 45.7. The highest BCUT2D eigenvalue weighted by Crippen LogP contribution is 2.29. The molecule has 0 bridgehead atoms. The summed E-state index contributed by atoms with van der Waals surface area (Å²) in [5, 5.41) is 0. The number of hydrogen-bond donors (Lipinski definition) is 0. The van der Waals surface area contributed by atoms with Crippen LogP contribution in [0.25, 0.3) is 0 Å². The molecule has 0 saturated carbocycles. The highest BCUT2D eigenvalue weighted by atomic mass is 16.7. The quantitative estimate of drug-likeness (QED) is 0.377. The molecule has 0 aliphatic carbocycles. The van der Waals surface area contributed by atoms with Gasteiger partial charge in [-0.15, -0.1) is 0 Å². The molecule has 0 aromatic carbocycles. The molecule has 1 saturated heterocycles. The summed E-state index contributed by atoms with van der Waals surface area (Å²) in [5.41, 5.74) is 0. The highest BCUT2D eigenvalue weighted by Gasteiger charge is 2.51. The van der Waals surface area contributed by atoms with Crippen molar-refractivity contribution in [3.8, 4) is 0 Å². The molecule has 5 atom stereocenters. The highest BCUT2D eigenvalue weighted by molar-refractivity contribution is 5.68. The molecule has 1 fully saturated rings. The molecule has 0 radical (unpaired) electrons. The van der Waals surface area contributed by atoms with Crippen LogP contribution in [0.4, 0.5) is 0 Å². The molecule has 1 aliphatic rings. The summed E-state index contributed by atoms with van der Waals surface area (Å²) >= 11 is 0. The smallest absolute Gasteiger partial charge is 0.303 e. The predicted octanol–water partition coefficient (Wildman–Crippen LogP) is 0.688. The lowest BCUT2D eigenvalue weighted by atomic mass is 9.94. The van der Waals surface area contributed by atoms with Crippen LogP contribution in [0, 0.1) is 0 Å². The van der Waals surface area contributed by atoms with Gasteiger partial charge in [-0.3, -0.25) is 19.2 Å². The van der Waals surface area contributed by atoms with Gasteiger partial charge in [0.05, 0.1) is 0 Å². The van der Waals surface area contributed by atoms with Crippen molar-refractivity contribution in [2.75, 3.05) is 6.61 Å². The zero-order chi connectivity index (χ0) is 19.9. The Bertz CT molecular complexity index is 569. The van der Waals surface area contributed by atoms with E-state index < -0.39 is 54.4 Å². The Hall–Kier alpha value is -2.42. The van der Waals surface area contributed by atoms with E-state index in [0.29, 0.717) is 0 Å². The van der Waals surface area contributed by atoms with Gasteiger partial charge in [0.1, 0.15) is 18.8 Å². The summed E-state index contributed by atoms with van der Waals surface area (Å²) in [7, 11) is 0. The molecule has 0 amide bonds. The van der Waals surface area contributed by atoms with Gasteiger partial charge in [-0.05, 0) is 6.92 Å². The van der Waals surface area contributed by atoms with Crippen molar-refractivity contribution in [3.05, 3.63) is 12.2 Å². The van der Waals surface area contributed by atoms with Gasteiger partial charge >= 0.3 is 23.9 Å². The lowest BCUT2D eigenvalue weighted by molar-refractivity contribution is -0.244. The molecule has 1 heterocycles. The molecule has 146 valence electrons. The number of carbonyl (C=O) groups excluding carboxylic acids is 4. The lowest BCUT2D eigenvalue weighted by Crippen LogP contribution is -2.61. The molecule has 9 heteroatoms. The molecule has 9 nitrogen and oxygen atoms in total. The number of allylic oxidation sites excluding steroid dienone is 1. The predicted molar refractivity (Wildman–Crippen MR) is 86.8 cm³/mol. The van der Waals surface area contributed by atoms with Crippen LogP contribution < -0.4 is 0 Å². The summed E-state index contributed by atoms with van der Waals surface area (Å²) in [6.07, 6.45) is -1.72. The van der Waals surface area contributed by atoms with E-state index in [0.717, 1.165) is 0 Å². The first kappa shape index (κ1) is 21.6.